The summed E-state index contributed by atoms with van der Waals surface area (Å²) in [6, 6.07) is 11.0. The number of aromatic nitrogens is 1. The lowest BCUT2D eigenvalue weighted by Crippen LogP contribution is -2.28. The van der Waals surface area contributed by atoms with Gasteiger partial charge in [-0.3, -0.25) is 14.6 Å². The zero-order valence-corrected chi connectivity index (χ0v) is 13.7. The van der Waals surface area contributed by atoms with Crippen LogP contribution in [0.3, 0.4) is 0 Å². The van der Waals surface area contributed by atoms with Crippen molar-refractivity contribution in [3.63, 3.8) is 0 Å². The smallest absolute Gasteiger partial charge is 0.233 e. The second-order valence-electron chi connectivity index (χ2n) is 4.78. The van der Waals surface area contributed by atoms with Gasteiger partial charge in [-0.1, -0.05) is 22.0 Å². The number of aryl methyl sites for hydroxylation is 1. The minimum Gasteiger partial charge on any atom is -0.350 e. The van der Waals surface area contributed by atoms with Gasteiger partial charge in [-0.15, -0.1) is 0 Å². The van der Waals surface area contributed by atoms with Crippen molar-refractivity contribution in [2.45, 2.75) is 19.9 Å². The molecule has 0 bridgehead atoms. The normalized spacial score (nSPS) is 10.1. The predicted molar refractivity (Wildman–Crippen MR) is 88.2 cm³/mol. The quantitative estimate of drug-likeness (QED) is 0.804. The maximum atomic E-state index is 11.9. The van der Waals surface area contributed by atoms with Crippen molar-refractivity contribution in [1.29, 1.82) is 0 Å². The number of pyridine rings is 1. The highest BCUT2D eigenvalue weighted by Crippen LogP contribution is 2.20. The Morgan fingerprint density at radius 2 is 2.00 bits per heavy atom. The summed E-state index contributed by atoms with van der Waals surface area (Å²) < 4.78 is 0.941. The molecule has 6 heteroatoms. The van der Waals surface area contributed by atoms with E-state index in [2.05, 4.69) is 31.5 Å². The predicted octanol–water partition coefficient (Wildman–Crippen LogP) is 2.80. The van der Waals surface area contributed by atoms with Gasteiger partial charge < -0.3 is 10.6 Å². The number of anilines is 1. The molecule has 0 aliphatic rings. The van der Waals surface area contributed by atoms with Crippen LogP contribution in [0.4, 0.5) is 5.69 Å². The van der Waals surface area contributed by atoms with Crippen molar-refractivity contribution in [2.24, 2.45) is 0 Å². The molecular weight excluding hydrogens is 346 g/mol. The van der Waals surface area contributed by atoms with Gasteiger partial charge in [-0.05, 0) is 42.8 Å². The molecule has 5 nitrogen and oxygen atoms in total. The van der Waals surface area contributed by atoms with E-state index < -0.39 is 0 Å². The zero-order chi connectivity index (χ0) is 15.9. The fourth-order valence-electron chi connectivity index (χ4n) is 1.86. The first-order valence-electron chi connectivity index (χ1n) is 6.77. The van der Waals surface area contributed by atoms with Crippen LogP contribution in [-0.4, -0.2) is 16.8 Å². The summed E-state index contributed by atoms with van der Waals surface area (Å²) >= 11 is 3.36. The first-order chi connectivity index (χ1) is 10.5. The molecule has 0 spiro atoms. The molecule has 0 saturated heterocycles. The second-order valence-corrected chi connectivity index (χ2v) is 5.70. The van der Waals surface area contributed by atoms with E-state index in [9.17, 15) is 9.59 Å². The van der Waals surface area contributed by atoms with Gasteiger partial charge >= 0.3 is 0 Å². The Morgan fingerprint density at radius 1 is 1.18 bits per heavy atom. The number of hydrogen-bond acceptors (Lipinski definition) is 3. The van der Waals surface area contributed by atoms with Crippen molar-refractivity contribution >= 4 is 33.4 Å². The summed E-state index contributed by atoms with van der Waals surface area (Å²) in [7, 11) is 0. The Morgan fingerprint density at radius 3 is 2.68 bits per heavy atom. The lowest BCUT2D eigenvalue weighted by molar-refractivity contribution is -0.126. The number of halogens is 1. The minimum atomic E-state index is -0.344. The van der Waals surface area contributed by atoms with Crippen LogP contribution < -0.4 is 10.6 Å². The van der Waals surface area contributed by atoms with Gasteiger partial charge in [-0.25, -0.2) is 0 Å². The molecule has 0 atom stereocenters. The minimum absolute atomic E-state index is 0.220. The van der Waals surface area contributed by atoms with Crippen LogP contribution in [0.1, 0.15) is 17.7 Å². The molecule has 1 aromatic heterocycles. The molecule has 0 fully saturated rings. The van der Waals surface area contributed by atoms with Crippen LogP contribution in [0.5, 0.6) is 0 Å². The molecule has 22 heavy (non-hydrogen) atoms. The summed E-state index contributed by atoms with van der Waals surface area (Å²) in [5.74, 6) is -0.679. The number of rotatable bonds is 5. The molecular formula is C16H16BrN3O2. The van der Waals surface area contributed by atoms with Crippen molar-refractivity contribution in [1.82, 2.24) is 10.3 Å². The Balaban J connectivity index is 1.82. The average molecular weight is 362 g/mol. The number of amides is 2. The second kappa shape index (κ2) is 7.70. The van der Waals surface area contributed by atoms with Crippen LogP contribution in [0.2, 0.25) is 0 Å². The van der Waals surface area contributed by atoms with Crippen LogP contribution in [0.25, 0.3) is 0 Å². The number of carbonyl (C=O) groups excluding carboxylic acids is 2. The van der Waals surface area contributed by atoms with Crippen LogP contribution in [0.15, 0.2) is 47.1 Å². The topological polar surface area (TPSA) is 71.1 Å². The van der Waals surface area contributed by atoms with Crippen LogP contribution >= 0.6 is 15.9 Å². The van der Waals surface area contributed by atoms with E-state index in [1.54, 1.807) is 18.3 Å². The third-order valence-corrected chi connectivity index (χ3v) is 3.47. The van der Waals surface area contributed by atoms with Crippen LogP contribution in [0, 0.1) is 6.92 Å². The number of nitrogens with one attached hydrogen (secondary N) is 2. The molecule has 2 N–H and O–H groups in total. The van der Waals surface area contributed by atoms with E-state index in [0.29, 0.717) is 12.2 Å². The van der Waals surface area contributed by atoms with E-state index in [-0.39, 0.29) is 18.2 Å². The summed E-state index contributed by atoms with van der Waals surface area (Å²) in [4.78, 5) is 27.7. The molecule has 0 unspecified atom stereocenters. The lowest BCUT2D eigenvalue weighted by Gasteiger charge is -2.09. The zero-order valence-electron chi connectivity index (χ0n) is 12.1. The first-order valence-corrected chi connectivity index (χ1v) is 7.56. The number of hydrogen-bond donors (Lipinski definition) is 2. The van der Waals surface area contributed by atoms with Crippen molar-refractivity contribution in [2.75, 3.05) is 5.32 Å². The third kappa shape index (κ3) is 4.96. The van der Waals surface area contributed by atoms with Crippen LogP contribution in [-0.2, 0) is 16.1 Å². The first kappa shape index (κ1) is 16.2. The summed E-state index contributed by atoms with van der Waals surface area (Å²) in [6.45, 7) is 2.20. The number of carbonyl (C=O) groups is 2. The Labute approximate surface area is 137 Å². The van der Waals surface area contributed by atoms with E-state index >= 15 is 0 Å². The number of nitrogens with zero attached hydrogens (tertiary/aromatic N) is 1. The standard InChI is InChI=1S/C16H16BrN3O2/c1-11-8-12(17)5-6-14(11)20-16(22)9-15(21)19-10-13-4-2-3-7-18-13/h2-8H,9-10H2,1H3,(H,19,21)(H,20,22). The molecule has 2 aromatic rings. The summed E-state index contributed by atoms with van der Waals surface area (Å²) in [6.07, 6.45) is 1.44. The maximum absolute atomic E-state index is 11.9. The SMILES string of the molecule is Cc1cc(Br)ccc1NC(=O)CC(=O)NCc1ccccn1. The molecule has 0 radical (unpaired) electrons. The van der Waals surface area contributed by atoms with E-state index in [1.807, 2.05) is 31.2 Å². The highest BCUT2D eigenvalue weighted by molar-refractivity contribution is 9.10. The molecule has 2 rings (SSSR count). The molecule has 2 amide bonds. The number of benzene rings is 1. The highest BCUT2D eigenvalue weighted by Gasteiger charge is 2.10. The fourth-order valence-corrected chi connectivity index (χ4v) is 2.34. The van der Waals surface area contributed by atoms with E-state index in [4.69, 9.17) is 0 Å². The molecule has 0 aliphatic heterocycles. The van der Waals surface area contributed by atoms with Gasteiger partial charge in [0.15, 0.2) is 0 Å². The van der Waals surface area contributed by atoms with Gasteiger partial charge in [0.1, 0.15) is 6.42 Å². The van der Waals surface area contributed by atoms with Crippen molar-refractivity contribution in [3.8, 4) is 0 Å². The van der Waals surface area contributed by atoms with Gasteiger partial charge in [0, 0.05) is 16.4 Å². The monoisotopic (exact) mass is 361 g/mol. The highest BCUT2D eigenvalue weighted by atomic mass is 79.9. The van der Waals surface area contributed by atoms with Crippen molar-refractivity contribution in [3.05, 3.63) is 58.3 Å². The fraction of sp³-hybridized carbons (Fsp3) is 0.188. The molecule has 1 aromatic carbocycles. The van der Waals surface area contributed by atoms with Gasteiger partial charge in [0.2, 0.25) is 11.8 Å². The summed E-state index contributed by atoms with van der Waals surface area (Å²) in [5, 5.41) is 5.40. The van der Waals surface area contributed by atoms with E-state index in [0.717, 1.165) is 15.7 Å². The largest absolute Gasteiger partial charge is 0.350 e. The lowest BCUT2D eigenvalue weighted by atomic mass is 10.2. The maximum Gasteiger partial charge on any atom is 0.233 e. The van der Waals surface area contributed by atoms with E-state index in [1.165, 1.54) is 0 Å². The average Bonchev–Trinajstić information content (AvgIpc) is 2.49. The Hall–Kier alpha value is -2.21. The molecule has 0 saturated carbocycles. The van der Waals surface area contributed by atoms with Gasteiger partial charge in [-0.2, -0.15) is 0 Å². The Kier molecular flexibility index (Phi) is 5.66. The van der Waals surface area contributed by atoms with Crippen molar-refractivity contribution < 1.29 is 9.59 Å². The Bertz CT molecular complexity index is 674. The van der Waals surface area contributed by atoms with Gasteiger partial charge in [0.25, 0.3) is 0 Å². The van der Waals surface area contributed by atoms with Gasteiger partial charge in [0.05, 0.1) is 12.2 Å². The summed E-state index contributed by atoms with van der Waals surface area (Å²) in [5.41, 5.74) is 2.38. The molecule has 1 heterocycles. The molecule has 0 aliphatic carbocycles. The molecule has 114 valence electrons. The third-order valence-electron chi connectivity index (χ3n) is 2.98.